The Hall–Kier alpha value is -4.30. The molecule has 0 aliphatic rings. The van der Waals surface area contributed by atoms with Gasteiger partial charge < -0.3 is 10.2 Å². The Balaban J connectivity index is 1.43. The lowest BCUT2D eigenvalue weighted by molar-refractivity contribution is 0.475. The van der Waals surface area contributed by atoms with Gasteiger partial charge >= 0.3 is 0 Å². The van der Waals surface area contributed by atoms with Crippen LogP contribution in [0.4, 0.5) is 0 Å². The van der Waals surface area contributed by atoms with Crippen LogP contribution in [0.5, 0.6) is 11.5 Å². The molecule has 0 saturated heterocycles. The molecule has 0 bridgehead atoms. The van der Waals surface area contributed by atoms with Crippen LogP contribution in [0.2, 0.25) is 0 Å². The molecule has 0 aliphatic carbocycles. The number of benzene rings is 5. The normalized spacial score (nSPS) is 11.8. The van der Waals surface area contributed by atoms with E-state index in [9.17, 15) is 10.2 Å². The van der Waals surface area contributed by atoms with Crippen molar-refractivity contribution < 1.29 is 10.2 Å². The predicted octanol–water partition coefficient (Wildman–Crippen LogP) is 7.81. The molecule has 0 amide bonds. The van der Waals surface area contributed by atoms with Crippen LogP contribution in [0.1, 0.15) is 22.6 Å². The summed E-state index contributed by atoms with van der Waals surface area (Å²) in [6.45, 7) is 0. The van der Waals surface area contributed by atoms with Gasteiger partial charge in [-0.2, -0.15) is 0 Å². The van der Waals surface area contributed by atoms with Gasteiger partial charge in [-0.05, 0) is 69.6 Å². The Labute approximate surface area is 200 Å². The first-order valence-electron chi connectivity index (χ1n) is 11.5. The molecule has 166 valence electrons. The first-order valence-corrected chi connectivity index (χ1v) is 11.5. The zero-order valence-corrected chi connectivity index (χ0v) is 18.8. The van der Waals surface area contributed by atoms with Gasteiger partial charge in [0.15, 0.2) is 0 Å². The number of phenols is 2. The van der Waals surface area contributed by atoms with Gasteiger partial charge in [0.1, 0.15) is 11.5 Å². The van der Waals surface area contributed by atoms with E-state index >= 15 is 0 Å². The molecule has 0 spiro atoms. The summed E-state index contributed by atoms with van der Waals surface area (Å²) in [5.41, 5.74) is 7.99. The highest BCUT2D eigenvalue weighted by Crippen LogP contribution is 2.32. The molecular formula is C32H26O2. The summed E-state index contributed by atoms with van der Waals surface area (Å²) >= 11 is 0. The van der Waals surface area contributed by atoms with Gasteiger partial charge in [0.2, 0.25) is 0 Å². The van der Waals surface area contributed by atoms with E-state index in [0.717, 1.165) is 28.7 Å². The number of rotatable bonds is 6. The molecule has 2 nitrogen and oxygen atoms in total. The lowest BCUT2D eigenvalue weighted by atomic mass is 9.85. The van der Waals surface area contributed by atoms with E-state index in [1.165, 1.54) is 16.7 Å². The second-order valence-electron chi connectivity index (χ2n) is 8.59. The fraction of sp³-hybridized carbons (Fsp3) is 0.0625. The lowest BCUT2D eigenvalue weighted by Gasteiger charge is -2.19. The van der Waals surface area contributed by atoms with E-state index in [4.69, 9.17) is 0 Å². The fourth-order valence-corrected chi connectivity index (χ4v) is 4.46. The molecule has 0 radical (unpaired) electrons. The maximum absolute atomic E-state index is 9.82. The van der Waals surface area contributed by atoms with Crippen molar-refractivity contribution in [2.24, 2.45) is 0 Å². The molecule has 0 saturated carbocycles. The predicted molar refractivity (Wildman–Crippen MR) is 139 cm³/mol. The molecule has 0 fully saturated rings. The summed E-state index contributed by atoms with van der Waals surface area (Å²) < 4.78 is 0. The molecule has 1 unspecified atom stereocenters. The molecular weight excluding hydrogens is 416 g/mol. The van der Waals surface area contributed by atoms with Crippen molar-refractivity contribution in [2.75, 3.05) is 0 Å². The second-order valence-corrected chi connectivity index (χ2v) is 8.59. The van der Waals surface area contributed by atoms with Crippen molar-refractivity contribution in [2.45, 2.75) is 12.3 Å². The lowest BCUT2D eigenvalue weighted by Crippen LogP contribution is -2.05. The molecule has 2 N–H and O–H groups in total. The van der Waals surface area contributed by atoms with E-state index in [1.54, 1.807) is 24.3 Å². The third kappa shape index (κ3) is 4.87. The average molecular weight is 443 g/mol. The maximum atomic E-state index is 9.82. The van der Waals surface area contributed by atoms with Crippen LogP contribution in [0.15, 0.2) is 127 Å². The van der Waals surface area contributed by atoms with Crippen molar-refractivity contribution >= 4 is 0 Å². The first-order chi connectivity index (χ1) is 16.7. The zero-order chi connectivity index (χ0) is 23.3. The Morgan fingerprint density at radius 3 is 1.47 bits per heavy atom. The number of hydrogen-bond donors (Lipinski definition) is 2. The summed E-state index contributed by atoms with van der Waals surface area (Å²) in [6, 6.07) is 42.6. The molecule has 34 heavy (non-hydrogen) atoms. The van der Waals surface area contributed by atoms with Crippen molar-refractivity contribution in [1.29, 1.82) is 0 Å². The molecule has 0 heterocycles. The summed E-state index contributed by atoms with van der Waals surface area (Å²) in [6.07, 6.45) is 0.885. The van der Waals surface area contributed by atoms with E-state index in [1.807, 2.05) is 24.3 Å². The van der Waals surface area contributed by atoms with E-state index < -0.39 is 0 Å². The van der Waals surface area contributed by atoms with Gasteiger partial charge in [-0.3, -0.25) is 0 Å². The maximum Gasteiger partial charge on any atom is 0.116 e. The standard InChI is InChI=1S/C32H26O2/c33-30-10-4-8-28(21-30)24-14-12-23(13-15-24)20-32(26-6-2-1-3-7-26)27-18-16-25(17-19-27)29-9-5-11-31(34)22-29/h1-19,21-22,32-34H,20H2. The van der Waals surface area contributed by atoms with Crippen LogP contribution < -0.4 is 0 Å². The summed E-state index contributed by atoms with van der Waals surface area (Å²) in [7, 11) is 0. The van der Waals surface area contributed by atoms with E-state index in [0.29, 0.717) is 0 Å². The summed E-state index contributed by atoms with van der Waals surface area (Å²) in [4.78, 5) is 0. The number of aromatic hydroxyl groups is 2. The van der Waals surface area contributed by atoms with Gasteiger partial charge in [-0.25, -0.2) is 0 Å². The monoisotopic (exact) mass is 442 g/mol. The molecule has 5 aromatic rings. The number of phenolic OH excluding ortho intramolecular Hbond substituents is 2. The SMILES string of the molecule is Oc1cccc(-c2ccc(CC(c3ccccc3)c3ccc(-c4cccc(O)c4)cc3)cc2)c1. The van der Waals surface area contributed by atoms with Gasteiger partial charge in [-0.1, -0.05) is 103 Å². The van der Waals surface area contributed by atoms with Crippen LogP contribution in [-0.2, 0) is 6.42 Å². The Morgan fingerprint density at radius 2 is 0.941 bits per heavy atom. The average Bonchev–Trinajstić information content (AvgIpc) is 2.88. The smallest absolute Gasteiger partial charge is 0.116 e. The number of hydrogen-bond acceptors (Lipinski definition) is 2. The molecule has 1 atom stereocenters. The van der Waals surface area contributed by atoms with Crippen LogP contribution in [0, 0.1) is 0 Å². The molecule has 0 aliphatic heterocycles. The zero-order valence-electron chi connectivity index (χ0n) is 18.8. The van der Waals surface area contributed by atoms with Gasteiger partial charge in [0, 0.05) is 5.92 Å². The highest BCUT2D eigenvalue weighted by molar-refractivity contribution is 5.66. The minimum atomic E-state index is 0.228. The largest absolute Gasteiger partial charge is 0.508 e. The topological polar surface area (TPSA) is 40.5 Å². The Morgan fingerprint density at radius 1 is 0.441 bits per heavy atom. The van der Waals surface area contributed by atoms with Crippen LogP contribution in [0.3, 0.4) is 0 Å². The quantitative estimate of drug-likeness (QED) is 0.282. The summed E-state index contributed by atoms with van der Waals surface area (Å²) in [5, 5.41) is 19.6. The van der Waals surface area contributed by atoms with Crippen LogP contribution in [-0.4, -0.2) is 10.2 Å². The highest BCUT2D eigenvalue weighted by atomic mass is 16.3. The van der Waals surface area contributed by atoms with Crippen LogP contribution >= 0.6 is 0 Å². The van der Waals surface area contributed by atoms with Crippen molar-refractivity contribution in [3.63, 3.8) is 0 Å². The van der Waals surface area contributed by atoms with Crippen LogP contribution in [0.25, 0.3) is 22.3 Å². The van der Waals surface area contributed by atoms with Gasteiger partial charge in [-0.15, -0.1) is 0 Å². The van der Waals surface area contributed by atoms with Gasteiger partial charge in [0.25, 0.3) is 0 Å². The van der Waals surface area contributed by atoms with Crippen molar-refractivity contribution in [3.05, 3.63) is 144 Å². The van der Waals surface area contributed by atoms with Crippen molar-refractivity contribution in [3.8, 4) is 33.8 Å². The van der Waals surface area contributed by atoms with E-state index in [-0.39, 0.29) is 17.4 Å². The van der Waals surface area contributed by atoms with Gasteiger partial charge in [0.05, 0.1) is 0 Å². The molecule has 5 rings (SSSR count). The summed E-state index contributed by atoms with van der Waals surface area (Å²) in [5.74, 6) is 0.781. The Bertz CT molecular complexity index is 1370. The Kier molecular flexibility index (Phi) is 6.13. The highest BCUT2D eigenvalue weighted by Gasteiger charge is 2.15. The minimum Gasteiger partial charge on any atom is -0.508 e. The van der Waals surface area contributed by atoms with E-state index in [2.05, 4.69) is 78.9 Å². The second kappa shape index (κ2) is 9.68. The molecule has 0 aromatic heterocycles. The third-order valence-corrected chi connectivity index (χ3v) is 6.27. The first kappa shape index (κ1) is 21.5. The van der Waals surface area contributed by atoms with Crippen molar-refractivity contribution in [1.82, 2.24) is 0 Å². The minimum absolute atomic E-state index is 0.228. The fourth-order valence-electron chi connectivity index (χ4n) is 4.46. The molecule has 2 heteroatoms. The molecule has 5 aromatic carbocycles. The third-order valence-electron chi connectivity index (χ3n) is 6.27.